The van der Waals surface area contributed by atoms with Crippen molar-refractivity contribution < 1.29 is 19.4 Å². The van der Waals surface area contributed by atoms with Gasteiger partial charge >= 0.3 is 0 Å². The highest BCUT2D eigenvalue weighted by molar-refractivity contribution is 6.51. The number of aromatic nitrogens is 1. The first-order chi connectivity index (χ1) is 16.6. The van der Waals surface area contributed by atoms with Crippen molar-refractivity contribution in [2.45, 2.75) is 38.6 Å². The number of amides is 1. The number of pyridine rings is 1. The third-order valence-electron chi connectivity index (χ3n) is 6.51. The Morgan fingerprint density at radius 3 is 2.41 bits per heavy atom. The summed E-state index contributed by atoms with van der Waals surface area (Å²) in [6.45, 7) is 2.43. The van der Waals surface area contributed by atoms with Crippen LogP contribution < -0.4 is 9.64 Å². The molecule has 1 aliphatic carbocycles. The van der Waals surface area contributed by atoms with Crippen molar-refractivity contribution in [3.63, 3.8) is 0 Å². The number of carbonyl (C=O) groups excluding carboxylic acids is 2. The number of ether oxygens (including phenoxy) is 1. The molecule has 34 heavy (non-hydrogen) atoms. The lowest BCUT2D eigenvalue weighted by molar-refractivity contribution is -0.132. The highest BCUT2D eigenvalue weighted by atomic mass is 16.5. The molecule has 5 rings (SSSR count). The van der Waals surface area contributed by atoms with Crippen LogP contribution in [-0.2, 0) is 22.4 Å². The van der Waals surface area contributed by atoms with E-state index in [4.69, 9.17) is 4.74 Å². The standard InChI is InChI=1S/C28H26N2O4/c1-2-34-23-11-9-22(10-12-23)30-25(19-13-15-29-16-14-19)24(27(32)28(30)33)26(31)21-8-7-18-5-3-4-6-20(18)17-21/h7-17,25,31H,2-6H2,1H3/b26-24-. The normalized spacial score (nSPS) is 19.2. The molecule has 2 aliphatic rings. The van der Waals surface area contributed by atoms with Gasteiger partial charge in [0.2, 0.25) is 0 Å². The number of anilines is 1. The van der Waals surface area contributed by atoms with Gasteiger partial charge in [0, 0.05) is 23.6 Å². The van der Waals surface area contributed by atoms with Gasteiger partial charge in [-0.3, -0.25) is 19.5 Å². The fourth-order valence-electron chi connectivity index (χ4n) is 4.87. The number of Topliss-reactive ketones (excluding diaryl/α,β-unsaturated/α-hetero) is 1. The summed E-state index contributed by atoms with van der Waals surface area (Å²) in [5.41, 5.74) is 4.37. The smallest absolute Gasteiger partial charge is 0.300 e. The Morgan fingerprint density at radius 2 is 1.71 bits per heavy atom. The van der Waals surface area contributed by atoms with Crippen LogP contribution in [0, 0.1) is 0 Å². The van der Waals surface area contributed by atoms with Crippen LogP contribution in [0.4, 0.5) is 5.69 Å². The van der Waals surface area contributed by atoms with Crippen LogP contribution in [0.3, 0.4) is 0 Å². The van der Waals surface area contributed by atoms with Crippen molar-refractivity contribution in [3.8, 4) is 5.75 Å². The Kier molecular flexibility index (Phi) is 5.88. The molecule has 0 radical (unpaired) electrons. The molecule has 2 heterocycles. The lowest BCUT2D eigenvalue weighted by Crippen LogP contribution is -2.29. The highest BCUT2D eigenvalue weighted by Gasteiger charge is 2.47. The molecule has 1 aromatic heterocycles. The monoisotopic (exact) mass is 454 g/mol. The second kappa shape index (κ2) is 9.14. The van der Waals surface area contributed by atoms with Crippen LogP contribution in [0.15, 0.2) is 72.6 Å². The highest BCUT2D eigenvalue weighted by Crippen LogP contribution is 2.42. The maximum Gasteiger partial charge on any atom is 0.300 e. The van der Waals surface area contributed by atoms with E-state index in [1.54, 1.807) is 48.8 Å². The second-order valence-corrected chi connectivity index (χ2v) is 8.57. The van der Waals surface area contributed by atoms with E-state index in [0.717, 1.165) is 25.7 Å². The molecule has 0 spiro atoms. The van der Waals surface area contributed by atoms with Gasteiger partial charge in [-0.05, 0) is 91.8 Å². The summed E-state index contributed by atoms with van der Waals surface area (Å²) in [6.07, 6.45) is 7.48. The van der Waals surface area contributed by atoms with Gasteiger partial charge in [0.05, 0.1) is 18.2 Å². The van der Waals surface area contributed by atoms with Crippen LogP contribution >= 0.6 is 0 Å². The number of benzene rings is 2. The topological polar surface area (TPSA) is 79.7 Å². The van der Waals surface area contributed by atoms with Crippen molar-refractivity contribution in [1.82, 2.24) is 4.98 Å². The number of ketones is 1. The average molecular weight is 455 g/mol. The number of aryl methyl sites for hydroxylation is 2. The molecular formula is C28H26N2O4. The molecule has 1 atom stereocenters. The molecular weight excluding hydrogens is 428 g/mol. The van der Waals surface area contributed by atoms with E-state index in [0.29, 0.717) is 29.2 Å². The number of hydrogen-bond donors (Lipinski definition) is 1. The molecule has 6 nitrogen and oxygen atoms in total. The van der Waals surface area contributed by atoms with E-state index in [1.807, 2.05) is 25.1 Å². The number of nitrogens with zero attached hydrogens (tertiary/aromatic N) is 2. The van der Waals surface area contributed by atoms with Gasteiger partial charge in [0.1, 0.15) is 11.5 Å². The maximum atomic E-state index is 13.3. The first-order valence-corrected chi connectivity index (χ1v) is 11.6. The van der Waals surface area contributed by atoms with Gasteiger partial charge < -0.3 is 9.84 Å². The van der Waals surface area contributed by atoms with E-state index in [-0.39, 0.29) is 11.3 Å². The minimum absolute atomic E-state index is 0.0841. The first kappa shape index (κ1) is 21.9. The largest absolute Gasteiger partial charge is 0.507 e. The molecule has 1 aliphatic heterocycles. The van der Waals surface area contributed by atoms with Gasteiger partial charge in [0.25, 0.3) is 11.7 Å². The van der Waals surface area contributed by atoms with Crippen LogP contribution in [-0.4, -0.2) is 28.4 Å². The van der Waals surface area contributed by atoms with Crippen LogP contribution in [0.25, 0.3) is 5.76 Å². The molecule has 1 saturated heterocycles. The summed E-state index contributed by atoms with van der Waals surface area (Å²) < 4.78 is 5.52. The Labute approximate surface area is 198 Å². The summed E-state index contributed by atoms with van der Waals surface area (Å²) in [5.74, 6) is -0.851. The zero-order valence-corrected chi connectivity index (χ0v) is 19.0. The number of hydrogen-bond acceptors (Lipinski definition) is 5. The lowest BCUT2D eigenvalue weighted by atomic mass is 9.89. The van der Waals surface area contributed by atoms with E-state index in [9.17, 15) is 14.7 Å². The van der Waals surface area contributed by atoms with Gasteiger partial charge in [-0.1, -0.05) is 12.1 Å². The fourth-order valence-corrected chi connectivity index (χ4v) is 4.87. The van der Waals surface area contributed by atoms with Crippen LogP contribution in [0.5, 0.6) is 5.75 Å². The fraction of sp³-hybridized carbons (Fsp3) is 0.250. The van der Waals surface area contributed by atoms with Crippen molar-refractivity contribution >= 4 is 23.1 Å². The minimum atomic E-state index is -0.767. The van der Waals surface area contributed by atoms with E-state index >= 15 is 0 Å². The summed E-state index contributed by atoms with van der Waals surface area (Å²) in [7, 11) is 0. The number of aliphatic hydroxyl groups excluding tert-OH is 1. The van der Waals surface area contributed by atoms with Crippen molar-refractivity contribution in [3.05, 3.63) is 94.8 Å². The number of fused-ring (bicyclic) bond motifs is 1. The second-order valence-electron chi connectivity index (χ2n) is 8.57. The zero-order valence-electron chi connectivity index (χ0n) is 19.0. The molecule has 6 heteroatoms. The number of carbonyl (C=O) groups is 2. The molecule has 1 amide bonds. The lowest BCUT2D eigenvalue weighted by Gasteiger charge is -2.25. The van der Waals surface area contributed by atoms with Crippen molar-refractivity contribution in [2.75, 3.05) is 11.5 Å². The predicted octanol–water partition coefficient (Wildman–Crippen LogP) is 4.99. The van der Waals surface area contributed by atoms with Gasteiger partial charge in [-0.15, -0.1) is 0 Å². The summed E-state index contributed by atoms with van der Waals surface area (Å²) >= 11 is 0. The zero-order chi connectivity index (χ0) is 23.7. The summed E-state index contributed by atoms with van der Waals surface area (Å²) in [4.78, 5) is 32.1. The van der Waals surface area contributed by atoms with Crippen molar-refractivity contribution in [1.29, 1.82) is 0 Å². The number of aliphatic hydroxyl groups is 1. The minimum Gasteiger partial charge on any atom is -0.507 e. The molecule has 2 aromatic carbocycles. The summed E-state index contributed by atoms with van der Waals surface area (Å²) in [6, 6.07) is 15.6. The van der Waals surface area contributed by atoms with Gasteiger partial charge in [-0.25, -0.2) is 0 Å². The van der Waals surface area contributed by atoms with Crippen LogP contribution in [0.1, 0.15) is 48.1 Å². The van der Waals surface area contributed by atoms with E-state index in [2.05, 4.69) is 4.98 Å². The third kappa shape index (κ3) is 3.85. The molecule has 1 unspecified atom stereocenters. The third-order valence-corrected chi connectivity index (χ3v) is 6.51. The number of rotatable bonds is 5. The Balaban J connectivity index is 1.64. The van der Waals surface area contributed by atoms with E-state index in [1.165, 1.54) is 16.0 Å². The van der Waals surface area contributed by atoms with Gasteiger partial charge in [0.15, 0.2) is 0 Å². The molecule has 0 bridgehead atoms. The van der Waals surface area contributed by atoms with Gasteiger partial charge in [-0.2, -0.15) is 0 Å². The van der Waals surface area contributed by atoms with E-state index < -0.39 is 17.7 Å². The van der Waals surface area contributed by atoms with Crippen molar-refractivity contribution in [2.24, 2.45) is 0 Å². The maximum absolute atomic E-state index is 13.3. The molecule has 0 saturated carbocycles. The first-order valence-electron chi connectivity index (χ1n) is 11.6. The average Bonchev–Trinajstić information content (AvgIpc) is 3.15. The molecule has 1 fully saturated rings. The Hall–Kier alpha value is -3.93. The Morgan fingerprint density at radius 1 is 1.00 bits per heavy atom. The SMILES string of the molecule is CCOc1ccc(N2C(=O)C(=O)/C(=C(\O)c3ccc4c(c3)CCCC4)C2c2ccncc2)cc1. The molecule has 3 aromatic rings. The molecule has 172 valence electrons. The van der Waals surface area contributed by atoms with Crippen LogP contribution in [0.2, 0.25) is 0 Å². The predicted molar refractivity (Wildman–Crippen MR) is 130 cm³/mol. The summed E-state index contributed by atoms with van der Waals surface area (Å²) in [5, 5.41) is 11.4. The quantitative estimate of drug-likeness (QED) is 0.334. The Bertz CT molecular complexity index is 1270. The molecule has 1 N–H and O–H groups in total.